The predicted molar refractivity (Wildman–Crippen MR) is 56.5 cm³/mol. The number of carboxylic acid groups (broad SMARTS) is 1. The lowest BCUT2D eigenvalue weighted by Gasteiger charge is -2.19. The SMILES string of the molecule is Cc1cn(CCC(C)(N)C(=O)O)c(C)n1. The zero-order chi connectivity index (χ0) is 11.6. The Morgan fingerprint density at radius 2 is 2.27 bits per heavy atom. The maximum absolute atomic E-state index is 10.8. The van der Waals surface area contributed by atoms with Gasteiger partial charge in [-0.05, 0) is 27.2 Å². The van der Waals surface area contributed by atoms with Gasteiger partial charge in [0.25, 0.3) is 0 Å². The van der Waals surface area contributed by atoms with E-state index >= 15 is 0 Å². The van der Waals surface area contributed by atoms with Gasteiger partial charge in [-0.1, -0.05) is 0 Å². The van der Waals surface area contributed by atoms with Crippen LogP contribution in [-0.4, -0.2) is 26.2 Å². The highest BCUT2D eigenvalue weighted by molar-refractivity contribution is 5.77. The number of rotatable bonds is 4. The molecule has 0 aromatic carbocycles. The van der Waals surface area contributed by atoms with Crippen molar-refractivity contribution in [3.8, 4) is 0 Å². The molecule has 84 valence electrons. The number of carbonyl (C=O) groups is 1. The number of hydrogen-bond acceptors (Lipinski definition) is 3. The van der Waals surface area contributed by atoms with Crippen molar-refractivity contribution in [3.63, 3.8) is 0 Å². The first-order valence-electron chi connectivity index (χ1n) is 4.85. The summed E-state index contributed by atoms with van der Waals surface area (Å²) in [6.07, 6.45) is 2.28. The van der Waals surface area contributed by atoms with E-state index in [1.807, 2.05) is 24.6 Å². The van der Waals surface area contributed by atoms with Gasteiger partial charge in [0.1, 0.15) is 11.4 Å². The van der Waals surface area contributed by atoms with E-state index in [9.17, 15) is 4.79 Å². The van der Waals surface area contributed by atoms with Crippen LogP contribution in [0.3, 0.4) is 0 Å². The molecule has 1 unspecified atom stereocenters. The van der Waals surface area contributed by atoms with Crippen molar-refractivity contribution in [1.82, 2.24) is 9.55 Å². The second-order valence-electron chi connectivity index (χ2n) is 4.10. The van der Waals surface area contributed by atoms with E-state index in [1.165, 1.54) is 6.92 Å². The molecule has 0 fully saturated rings. The minimum atomic E-state index is -1.18. The molecule has 15 heavy (non-hydrogen) atoms. The quantitative estimate of drug-likeness (QED) is 0.767. The highest BCUT2D eigenvalue weighted by Gasteiger charge is 2.27. The van der Waals surface area contributed by atoms with Crippen LogP contribution in [-0.2, 0) is 11.3 Å². The summed E-state index contributed by atoms with van der Waals surface area (Å²) in [7, 11) is 0. The fraction of sp³-hybridized carbons (Fsp3) is 0.600. The molecule has 0 aliphatic rings. The van der Waals surface area contributed by atoms with E-state index in [2.05, 4.69) is 4.98 Å². The van der Waals surface area contributed by atoms with Crippen molar-refractivity contribution < 1.29 is 9.90 Å². The van der Waals surface area contributed by atoms with Crippen molar-refractivity contribution in [1.29, 1.82) is 0 Å². The van der Waals surface area contributed by atoms with E-state index in [4.69, 9.17) is 10.8 Å². The van der Waals surface area contributed by atoms with Gasteiger partial charge >= 0.3 is 5.97 Å². The third-order valence-electron chi connectivity index (χ3n) is 2.46. The highest BCUT2D eigenvalue weighted by atomic mass is 16.4. The van der Waals surface area contributed by atoms with Gasteiger partial charge in [-0.2, -0.15) is 0 Å². The van der Waals surface area contributed by atoms with Crippen LogP contribution in [0.15, 0.2) is 6.20 Å². The summed E-state index contributed by atoms with van der Waals surface area (Å²) in [5.74, 6) is -0.0920. The van der Waals surface area contributed by atoms with E-state index < -0.39 is 11.5 Å². The van der Waals surface area contributed by atoms with Gasteiger partial charge in [0.15, 0.2) is 0 Å². The minimum absolute atomic E-state index is 0.388. The van der Waals surface area contributed by atoms with Crippen LogP contribution in [0.5, 0.6) is 0 Å². The van der Waals surface area contributed by atoms with Crippen molar-refractivity contribution in [3.05, 3.63) is 17.7 Å². The summed E-state index contributed by atoms with van der Waals surface area (Å²) < 4.78 is 1.92. The fourth-order valence-corrected chi connectivity index (χ4v) is 1.35. The average Bonchev–Trinajstić information content (AvgIpc) is 2.41. The molecule has 0 bridgehead atoms. The van der Waals surface area contributed by atoms with Gasteiger partial charge in [0.05, 0.1) is 5.69 Å². The lowest BCUT2D eigenvalue weighted by molar-refractivity contribution is -0.143. The van der Waals surface area contributed by atoms with Gasteiger partial charge in [0, 0.05) is 12.7 Å². The summed E-state index contributed by atoms with van der Waals surface area (Å²) in [6.45, 7) is 5.89. The zero-order valence-corrected chi connectivity index (χ0v) is 9.32. The molecule has 3 N–H and O–H groups in total. The van der Waals surface area contributed by atoms with Crippen LogP contribution >= 0.6 is 0 Å². The Kier molecular flexibility index (Phi) is 3.14. The van der Waals surface area contributed by atoms with Gasteiger partial charge in [-0.3, -0.25) is 4.79 Å². The highest BCUT2D eigenvalue weighted by Crippen LogP contribution is 2.10. The van der Waals surface area contributed by atoms with Crippen molar-refractivity contribution in [2.24, 2.45) is 5.73 Å². The normalized spacial score (nSPS) is 14.9. The van der Waals surface area contributed by atoms with E-state index in [-0.39, 0.29) is 0 Å². The fourth-order valence-electron chi connectivity index (χ4n) is 1.35. The number of hydrogen-bond donors (Lipinski definition) is 2. The maximum Gasteiger partial charge on any atom is 0.323 e. The zero-order valence-electron chi connectivity index (χ0n) is 9.32. The molecule has 1 aromatic rings. The minimum Gasteiger partial charge on any atom is -0.480 e. The second kappa shape index (κ2) is 4.02. The molecule has 1 aromatic heterocycles. The van der Waals surface area contributed by atoms with Gasteiger partial charge in [0.2, 0.25) is 0 Å². The number of carboxylic acids is 1. The van der Waals surface area contributed by atoms with Crippen LogP contribution in [0.25, 0.3) is 0 Å². The number of aromatic nitrogens is 2. The smallest absolute Gasteiger partial charge is 0.323 e. The van der Waals surface area contributed by atoms with E-state index in [1.54, 1.807) is 0 Å². The third kappa shape index (κ3) is 2.79. The molecule has 1 atom stereocenters. The molecule has 1 rings (SSSR count). The van der Waals surface area contributed by atoms with Crippen molar-refractivity contribution in [2.45, 2.75) is 39.3 Å². The van der Waals surface area contributed by atoms with E-state index in [0.717, 1.165) is 11.5 Å². The Labute approximate surface area is 88.9 Å². The molecule has 5 heteroatoms. The molecular weight excluding hydrogens is 194 g/mol. The Morgan fingerprint density at radius 3 is 2.67 bits per heavy atom. The summed E-state index contributed by atoms with van der Waals surface area (Å²) in [5, 5.41) is 8.84. The molecule has 0 saturated carbocycles. The number of nitrogens with two attached hydrogens (primary N) is 1. The Balaban J connectivity index is 2.65. The van der Waals surface area contributed by atoms with Gasteiger partial charge in [-0.15, -0.1) is 0 Å². The lowest BCUT2D eigenvalue weighted by Crippen LogP contribution is -2.45. The van der Waals surface area contributed by atoms with E-state index in [0.29, 0.717) is 13.0 Å². The monoisotopic (exact) mass is 211 g/mol. The molecule has 0 spiro atoms. The Bertz CT molecular complexity index is 369. The first-order valence-corrected chi connectivity index (χ1v) is 4.85. The molecule has 0 radical (unpaired) electrons. The summed E-state index contributed by atoms with van der Waals surface area (Å²) in [6, 6.07) is 0. The summed E-state index contributed by atoms with van der Waals surface area (Å²) >= 11 is 0. The summed E-state index contributed by atoms with van der Waals surface area (Å²) in [4.78, 5) is 15.0. The van der Waals surface area contributed by atoms with Crippen LogP contribution in [0, 0.1) is 13.8 Å². The van der Waals surface area contributed by atoms with Gasteiger partial charge < -0.3 is 15.4 Å². The first-order chi connectivity index (χ1) is 6.83. The Hall–Kier alpha value is -1.36. The van der Waals surface area contributed by atoms with Crippen molar-refractivity contribution >= 4 is 5.97 Å². The molecule has 5 nitrogen and oxygen atoms in total. The number of imidazole rings is 1. The number of nitrogens with zero attached hydrogens (tertiary/aromatic N) is 2. The predicted octanol–water partition coefficient (Wildman–Crippen LogP) is 0.692. The van der Waals surface area contributed by atoms with Crippen LogP contribution < -0.4 is 5.73 Å². The summed E-state index contributed by atoms with van der Waals surface area (Å²) in [5.41, 5.74) is 5.39. The molecule has 0 amide bonds. The van der Waals surface area contributed by atoms with Crippen molar-refractivity contribution in [2.75, 3.05) is 0 Å². The largest absolute Gasteiger partial charge is 0.480 e. The Morgan fingerprint density at radius 1 is 1.67 bits per heavy atom. The van der Waals surface area contributed by atoms with Gasteiger partial charge in [-0.25, -0.2) is 4.98 Å². The molecule has 0 aliphatic carbocycles. The number of aryl methyl sites for hydroxylation is 3. The average molecular weight is 211 g/mol. The molecule has 0 saturated heterocycles. The first kappa shape index (κ1) is 11.7. The van der Waals surface area contributed by atoms with Crippen LogP contribution in [0.4, 0.5) is 0 Å². The van der Waals surface area contributed by atoms with Crippen LogP contribution in [0.2, 0.25) is 0 Å². The third-order valence-corrected chi connectivity index (χ3v) is 2.46. The molecule has 0 aliphatic heterocycles. The standard InChI is InChI=1S/C10H17N3O2/c1-7-6-13(8(2)12-7)5-4-10(3,11)9(14)15/h6H,4-5,11H2,1-3H3,(H,14,15). The number of aliphatic carboxylic acids is 1. The lowest BCUT2D eigenvalue weighted by atomic mass is 10.00. The topological polar surface area (TPSA) is 81.1 Å². The molecular formula is C10H17N3O2. The second-order valence-corrected chi connectivity index (χ2v) is 4.10. The molecule has 1 heterocycles. The van der Waals surface area contributed by atoms with Crippen LogP contribution in [0.1, 0.15) is 24.9 Å². The maximum atomic E-state index is 10.8.